The molecule has 2 aliphatic rings. The van der Waals surface area contributed by atoms with Crippen molar-refractivity contribution in [1.82, 2.24) is 14.9 Å². The second kappa shape index (κ2) is 6.89. The Morgan fingerprint density at radius 1 is 1.22 bits per heavy atom. The van der Waals surface area contributed by atoms with Gasteiger partial charge in [0.25, 0.3) is 0 Å². The molecule has 0 spiro atoms. The van der Waals surface area contributed by atoms with Crippen LogP contribution in [0.5, 0.6) is 0 Å². The molecule has 4 rings (SSSR count). The van der Waals surface area contributed by atoms with Gasteiger partial charge in [0.2, 0.25) is 11.9 Å². The zero-order chi connectivity index (χ0) is 14.9. The molecule has 5 nitrogen and oxygen atoms in total. The van der Waals surface area contributed by atoms with E-state index >= 15 is 0 Å². The molecule has 23 heavy (non-hydrogen) atoms. The summed E-state index contributed by atoms with van der Waals surface area (Å²) in [6.45, 7) is 3.81. The topological polar surface area (TPSA) is 50.2 Å². The van der Waals surface area contributed by atoms with Gasteiger partial charge in [-0.25, -0.2) is 4.98 Å². The molecule has 124 valence electrons. The monoisotopic (exact) mass is 334 g/mol. The number of hydrogen-bond acceptors (Lipinski definition) is 3. The number of aromatic nitrogens is 2. The molecule has 1 fully saturated rings. The van der Waals surface area contributed by atoms with Gasteiger partial charge in [0.05, 0.1) is 11.0 Å². The lowest BCUT2D eigenvalue weighted by molar-refractivity contribution is -0.118. The maximum absolute atomic E-state index is 12.6. The third-order valence-electron chi connectivity index (χ3n) is 4.95. The van der Waals surface area contributed by atoms with Gasteiger partial charge in [0, 0.05) is 19.5 Å². The number of benzene rings is 1. The van der Waals surface area contributed by atoms with Crippen molar-refractivity contribution in [3.8, 4) is 0 Å². The van der Waals surface area contributed by atoms with Crippen molar-refractivity contribution in [1.29, 1.82) is 0 Å². The van der Waals surface area contributed by atoms with Crippen molar-refractivity contribution < 1.29 is 4.79 Å². The summed E-state index contributed by atoms with van der Waals surface area (Å²) in [5.41, 5.74) is 2.11. The molecule has 3 heterocycles. The first-order chi connectivity index (χ1) is 10.8. The fourth-order valence-corrected chi connectivity index (χ4v) is 3.66. The summed E-state index contributed by atoms with van der Waals surface area (Å²) >= 11 is 0. The van der Waals surface area contributed by atoms with Gasteiger partial charge in [0.15, 0.2) is 0 Å². The lowest BCUT2D eigenvalue weighted by Crippen LogP contribution is -2.31. The Balaban J connectivity index is 0.00000156. The van der Waals surface area contributed by atoms with Crippen LogP contribution in [-0.4, -0.2) is 35.1 Å². The van der Waals surface area contributed by atoms with Crippen LogP contribution >= 0.6 is 12.4 Å². The maximum Gasteiger partial charge on any atom is 0.229 e. The highest BCUT2D eigenvalue weighted by Gasteiger charge is 2.28. The minimum atomic E-state index is 0. The van der Waals surface area contributed by atoms with Crippen LogP contribution in [0.2, 0.25) is 0 Å². The molecule has 0 bridgehead atoms. The van der Waals surface area contributed by atoms with E-state index in [9.17, 15) is 4.79 Å². The van der Waals surface area contributed by atoms with Crippen molar-refractivity contribution in [3.05, 3.63) is 24.3 Å². The SMILES string of the molecule is Cl.O=C(CCC1CCNCC1)N1CCn2c1nc1ccccc12. The summed E-state index contributed by atoms with van der Waals surface area (Å²) in [7, 11) is 0. The number of nitrogens with zero attached hydrogens (tertiary/aromatic N) is 3. The largest absolute Gasteiger partial charge is 0.317 e. The number of imidazole rings is 1. The molecule has 1 N–H and O–H groups in total. The van der Waals surface area contributed by atoms with Crippen LogP contribution in [0.15, 0.2) is 24.3 Å². The number of carbonyl (C=O) groups is 1. The molecule has 2 aliphatic heterocycles. The summed E-state index contributed by atoms with van der Waals surface area (Å²) in [5.74, 6) is 1.76. The van der Waals surface area contributed by atoms with Crippen LogP contribution in [0.4, 0.5) is 5.95 Å². The quantitative estimate of drug-likeness (QED) is 0.938. The Kier molecular flexibility index (Phi) is 4.87. The minimum absolute atomic E-state index is 0. The number of nitrogens with one attached hydrogen (secondary N) is 1. The van der Waals surface area contributed by atoms with Crippen molar-refractivity contribution in [2.24, 2.45) is 5.92 Å². The summed E-state index contributed by atoms with van der Waals surface area (Å²) in [6, 6.07) is 8.11. The zero-order valence-electron chi connectivity index (χ0n) is 13.2. The molecule has 0 radical (unpaired) electrons. The van der Waals surface area contributed by atoms with Crippen LogP contribution in [0.3, 0.4) is 0 Å². The minimum Gasteiger partial charge on any atom is -0.317 e. The van der Waals surface area contributed by atoms with Crippen molar-refractivity contribution in [2.75, 3.05) is 24.5 Å². The van der Waals surface area contributed by atoms with E-state index in [4.69, 9.17) is 0 Å². The fourth-order valence-electron chi connectivity index (χ4n) is 3.66. The Hall–Kier alpha value is -1.59. The average Bonchev–Trinajstić information content (AvgIpc) is 3.12. The van der Waals surface area contributed by atoms with Crippen LogP contribution in [0.1, 0.15) is 25.7 Å². The fraction of sp³-hybridized carbons (Fsp3) is 0.529. The van der Waals surface area contributed by atoms with Crippen LogP contribution in [-0.2, 0) is 11.3 Å². The molecule has 0 atom stereocenters. The van der Waals surface area contributed by atoms with E-state index in [-0.39, 0.29) is 18.3 Å². The Morgan fingerprint density at radius 3 is 2.83 bits per heavy atom. The molecule has 1 saturated heterocycles. The number of fused-ring (bicyclic) bond motifs is 3. The van der Waals surface area contributed by atoms with E-state index in [1.807, 2.05) is 23.1 Å². The molecular formula is C17H23ClN4O. The van der Waals surface area contributed by atoms with Crippen molar-refractivity contribution in [2.45, 2.75) is 32.2 Å². The summed E-state index contributed by atoms with van der Waals surface area (Å²) in [5, 5.41) is 3.38. The molecule has 0 unspecified atom stereocenters. The molecule has 1 aromatic heterocycles. The first kappa shape index (κ1) is 16.3. The smallest absolute Gasteiger partial charge is 0.229 e. The molecule has 0 saturated carbocycles. The lowest BCUT2D eigenvalue weighted by atomic mass is 9.93. The molecule has 0 aliphatic carbocycles. The van der Waals surface area contributed by atoms with Gasteiger partial charge in [0.1, 0.15) is 0 Å². The van der Waals surface area contributed by atoms with Crippen LogP contribution in [0.25, 0.3) is 11.0 Å². The number of carbonyl (C=O) groups excluding carboxylic acids is 1. The second-order valence-electron chi connectivity index (χ2n) is 6.33. The Morgan fingerprint density at radius 2 is 2.00 bits per heavy atom. The molecule has 1 amide bonds. The van der Waals surface area contributed by atoms with Crippen molar-refractivity contribution in [3.63, 3.8) is 0 Å². The number of halogens is 1. The lowest BCUT2D eigenvalue weighted by Gasteiger charge is -2.23. The summed E-state index contributed by atoms with van der Waals surface area (Å²) in [4.78, 5) is 19.1. The van der Waals surface area contributed by atoms with E-state index in [0.717, 1.165) is 49.6 Å². The third-order valence-corrected chi connectivity index (χ3v) is 4.95. The molecule has 2 aromatic rings. The van der Waals surface area contributed by atoms with E-state index in [1.165, 1.54) is 12.8 Å². The van der Waals surface area contributed by atoms with Crippen LogP contribution in [0, 0.1) is 5.92 Å². The standard InChI is InChI=1S/C17H22N4O.ClH/c22-16(6-5-13-7-9-18-10-8-13)21-12-11-20-15-4-2-1-3-14(15)19-17(20)21;/h1-4,13,18H,5-12H2;1H. The van der Waals surface area contributed by atoms with E-state index in [0.29, 0.717) is 12.3 Å². The molecular weight excluding hydrogens is 312 g/mol. The first-order valence-electron chi connectivity index (χ1n) is 8.29. The third kappa shape index (κ3) is 3.08. The van der Waals surface area contributed by atoms with Gasteiger partial charge in [-0.05, 0) is 50.4 Å². The van der Waals surface area contributed by atoms with Gasteiger partial charge >= 0.3 is 0 Å². The van der Waals surface area contributed by atoms with Gasteiger partial charge in [-0.2, -0.15) is 0 Å². The predicted octanol–water partition coefficient (Wildman–Crippen LogP) is 2.58. The van der Waals surface area contributed by atoms with Gasteiger partial charge in [-0.15, -0.1) is 12.4 Å². The number of rotatable bonds is 3. The second-order valence-corrected chi connectivity index (χ2v) is 6.33. The first-order valence-corrected chi connectivity index (χ1v) is 8.29. The molecule has 1 aromatic carbocycles. The van der Waals surface area contributed by atoms with Gasteiger partial charge in [-0.3, -0.25) is 9.69 Å². The molecule has 6 heteroatoms. The highest BCUT2D eigenvalue weighted by Crippen LogP contribution is 2.28. The summed E-state index contributed by atoms with van der Waals surface area (Å²) < 4.78 is 2.16. The number of hydrogen-bond donors (Lipinski definition) is 1. The highest BCUT2D eigenvalue weighted by atomic mass is 35.5. The van der Waals surface area contributed by atoms with Crippen LogP contribution < -0.4 is 10.2 Å². The summed E-state index contributed by atoms with van der Waals surface area (Å²) in [6.07, 6.45) is 4.06. The van der Waals surface area contributed by atoms with E-state index < -0.39 is 0 Å². The number of para-hydroxylation sites is 2. The Bertz CT molecular complexity index is 693. The highest BCUT2D eigenvalue weighted by molar-refractivity contribution is 5.94. The van der Waals surface area contributed by atoms with E-state index in [1.54, 1.807) is 0 Å². The van der Waals surface area contributed by atoms with E-state index in [2.05, 4.69) is 20.9 Å². The number of anilines is 1. The van der Waals surface area contributed by atoms with Crippen molar-refractivity contribution >= 4 is 35.3 Å². The number of piperidine rings is 1. The zero-order valence-corrected chi connectivity index (χ0v) is 14.0. The predicted molar refractivity (Wildman–Crippen MR) is 94.2 cm³/mol. The maximum atomic E-state index is 12.6. The Labute approximate surface area is 142 Å². The van der Waals surface area contributed by atoms with Gasteiger partial charge in [-0.1, -0.05) is 12.1 Å². The number of amides is 1. The van der Waals surface area contributed by atoms with Gasteiger partial charge < -0.3 is 9.88 Å². The average molecular weight is 335 g/mol. The normalized spacial score (nSPS) is 18.0.